The Bertz CT molecular complexity index is 1340. The number of aromatic nitrogens is 1. The van der Waals surface area contributed by atoms with Gasteiger partial charge in [0, 0.05) is 21.2 Å². The first-order valence-corrected chi connectivity index (χ1v) is 13.0. The molecule has 4 aromatic rings. The van der Waals surface area contributed by atoms with Gasteiger partial charge in [0.25, 0.3) is 5.91 Å². The van der Waals surface area contributed by atoms with Crippen LogP contribution in [0.3, 0.4) is 0 Å². The Morgan fingerprint density at radius 1 is 1.00 bits per heavy atom. The fraction of sp³-hybridized carbons (Fsp3) is 0.269. The number of ether oxygens (including phenoxy) is 1. The minimum absolute atomic E-state index is 0.159. The van der Waals surface area contributed by atoms with Gasteiger partial charge in [0.2, 0.25) is 5.91 Å². The summed E-state index contributed by atoms with van der Waals surface area (Å²) in [4.78, 5) is 32.8. The summed E-state index contributed by atoms with van der Waals surface area (Å²) in [5, 5.41) is 7.58. The lowest BCUT2D eigenvalue weighted by atomic mass is 10.0. The topological polar surface area (TPSA) is 80.3 Å². The lowest BCUT2D eigenvalue weighted by Gasteiger charge is -2.10. The summed E-state index contributed by atoms with van der Waals surface area (Å²) in [5.74, 6) is 0.847. The van der Waals surface area contributed by atoms with Crippen molar-refractivity contribution in [3.63, 3.8) is 0 Å². The van der Waals surface area contributed by atoms with Crippen LogP contribution in [0.1, 0.15) is 44.9 Å². The van der Waals surface area contributed by atoms with Crippen molar-refractivity contribution in [1.82, 2.24) is 4.98 Å². The highest BCUT2D eigenvalue weighted by atomic mass is 32.1. The van der Waals surface area contributed by atoms with Gasteiger partial charge in [0.1, 0.15) is 16.6 Å². The molecule has 3 aromatic heterocycles. The van der Waals surface area contributed by atoms with Crippen molar-refractivity contribution in [3.05, 3.63) is 69.5 Å². The Morgan fingerprint density at radius 2 is 1.82 bits per heavy atom. The quantitative estimate of drug-likeness (QED) is 0.321. The van der Waals surface area contributed by atoms with Gasteiger partial charge in [-0.05, 0) is 55.5 Å². The number of fused-ring (bicyclic) bond motifs is 2. The molecule has 0 fully saturated rings. The molecule has 174 valence electrons. The van der Waals surface area contributed by atoms with Crippen LogP contribution in [-0.4, -0.2) is 23.9 Å². The van der Waals surface area contributed by atoms with E-state index in [1.54, 1.807) is 36.8 Å². The number of thiophene rings is 2. The fourth-order valence-electron chi connectivity index (χ4n) is 4.42. The van der Waals surface area contributed by atoms with Crippen molar-refractivity contribution in [2.75, 3.05) is 17.7 Å². The maximum Gasteiger partial charge on any atom is 0.260 e. The number of aryl methyl sites for hydroxylation is 1. The highest BCUT2D eigenvalue weighted by molar-refractivity contribution is 7.19. The molecule has 0 saturated heterocycles. The van der Waals surface area contributed by atoms with E-state index >= 15 is 0 Å². The van der Waals surface area contributed by atoms with E-state index in [2.05, 4.69) is 15.6 Å². The van der Waals surface area contributed by atoms with Crippen molar-refractivity contribution in [2.45, 2.75) is 38.5 Å². The number of hydrogen-bond donors (Lipinski definition) is 2. The van der Waals surface area contributed by atoms with Crippen molar-refractivity contribution in [3.8, 4) is 5.75 Å². The van der Waals surface area contributed by atoms with Gasteiger partial charge in [0.05, 0.1) is 24.0 Å². The Hall–Kier alpha value is -3.23. The van der Waals surface area contributed by atoms with Crippen LogP contribution in [0.2, 0.25) is 0 Å². The van der Waals surface area contributed by atoms with E-state index in [9.17, 15) is 9.59 Å². The molecule has 0 atom stereocenters. The standard InChI is InChI=1S/C26H25N3O3S2/c1-32-24-17-10-5-6-12-19(17)33-20(24)15-22(30)29-26-23(16-9-3-2-4-11-18(16)34-26)25(31)28-21-13-7-8-14-27-21/h5-8,10,12-14H,2-4,9,11,15H2,1H3,(H,29,30)(H,27,28,31). The Kier molecular flexibility index (Phi) is 6.60. The molecule has 2 N–H and O–H groups in total. The molecule has 5 rings (SSSR count). The average molecular weight is 492 g/mol. The normalized spacial score (nSPS) is 13.2. The number of carbonyl (C=O) groups excluding carboxylic acids is 2. The summed E-state index contributed by atoms with van der Waals surface area (Å²) in [6.45, 7) is 0. The van der Waals surface area contributed by atoms with E-state index in [4.69, 9.17) is 4.74 Å². The summed E-state index contributed by atoms with van der Waals surface area (Å²) < 4.78 is 6.70. The zero-order valence-corrected chi connectivity index (χ0v) is 20.5. The highest BCUT2D eigenvalue weighted by Gasteiger charge is 2.26. The molecule has 0 unspecified atom stereocenters. The smallest absolute Gasteiger partial charge is 0.260 e. The summed E-state index contributed by atoms with van der Waals surface area (Å²) in [7, 11) is 1.63. The van der Waals surface area contributed by atoms with E-state index in [-0.39, 0.29) is 18.2 Å². The predicted molar refractivity (Wildman–Crippen MR) is 138 cm³/mol. The van der Waals surface area contributed by atoms with Crippen LogP contribution < -0.4 is 15.4 Å². The van der Waals surface area contributed by atoms with Crippen LogP contribution in [0.5, 0.6) is 5.75 Å². The molecule has 34 heavy (non-hydrogen) atoms. The van der Waals surface area contributed by atoms with E-state index < -0.39 is 0 Å². The molecule has 6 nitrogen and oxygen atoms in total. The van der Waals surface area contributed by atoms with Crippen LogP contribution >= 0.6 is 22.7 Å². The van der Waals surface area contributed by atoms with Crippen LogP contribution in [0.4, 0.5) is 10.8 Å². The van der Waals surface area contributed by atoms with E-state index in [0.29, 0.717) is 16.4 Å². The highest BCUT2D eigenvalue weighted by Crippen LogP contribution is 2.40. The summed E-state index contributed by atoms with van der Waals surface area (Å²) in [5.41, 5.74) is 1.63. The Morgan fingerprint density at radius 3 is 2.65 bits per heavy atom. The van der Waals surface area contributed by atoms with Crippen molar-refractivity contribution < 1.29 is 14.3 Å². The minimum atomic E-state index is -0.229. The van der Waals surface area contributed by atoms with Gasteiger partial charge in [0.15, 0.2) is 0 Å². The third-order valence-corrected chi connectivity index (χ3v) is 8.31. The molecule has 3 heterocycles. The lowest BCUT2D eigenvalue weighted by molar-refractivity contribution is -0.115. The Labute approximate surface area is 206 Å². The summed E-state index contributed by atoms with van der Waals surface area (Å²) in [6, 6.07) is 13.4. The third-order valence-electron chi connectivity index (χ3n) is 5.95. The number of nitrogens with one attached hydrogen (secondary N) is 2. The van der Waals surface area contributed by atoms with Crippen LogP contribution in [0, 0.1) is 0 Å². The van der Waals surface area contributed by atoms with Crippen molar-refractivity contribution in [1.29, 1.82) is 0 Å². The number of hydrogen-bond acceptors (Lipinski definition) is 6. The molecule has 1 aliphatic rings. The van der Waals surface area contributed by atoms with Gasteiger partial charge in [-0.15, -0.1) is 22.7 Å². The maximum atomic E-state index is 13.3. The number of carbonyl (C=O) groups is 2. The fourth-order valence-corrected chi connectivity index (χ4v) is 6.89. The van der Waals surface area contributed by atoms with Crippen molar-refractivity contribution >= 4 is 55.4 Å². The third kappa shape index (κ3) is 4.56. The molecule has 0 saturated carbocycles. The molecular weight excluding hydrogens is 466 g/mol. The maximum absolute atomic E-state index is 13.3. The monoisotopic (exact) mass is 491 g/mol. The average Bonchev–Trinajstić information content (AvgIpc) is 3.27. The van der Waals surface area contributed by atoms with Gasteiger partial charge in [-0.2, -0.15) is 0 Å². The zero-order chi connectivity index (χ0) is 23.5. The molecule has 1 aromatic carbocycles. The molecule has 2 amide bonds. The van der Waals surface area contributed by atoms with Crippen LogP contribution in [-0.2, 0) is 24.1 Å². The van der Waals surface area contributed by atoms with Crippen LogP contribution in [0.25, 0.3) is 10.1 Å². The SMILES string of the molecule is COc1c(CC(=O)Nc2sc3c(c2C(=O)Nc2ccccn2)CCCCC3)sc2ccccc12. The molecule has 0 aliphatic heterocycles. The lowest BCUT2D eigenvalue weighted by Crippen LogP contribution is -2.19. The Balaban J connectivity index is 1.43. The summed E-state index contributed by atoms with van der Waals surface area (Å²) >= 11 is 3.09. The molecule has 1 aliphatic carbocycles. The number of nitrogens with zero attached hydrogens (tertiary/aromatic N) is 1. The first kappa shape index (κ1) is 22.6. The van der Waals surface area contributed by atoms with Gasteiger partial charge in [-0.3, -0.25) is 9.59 Å². The second-order valence-corrected chi connectivity index (χ2v) is 10.5. The molecule has 8 heteroatoms. The molecule has 0 spiro atoms. The summed E-state index contributed by atoms with van der Waals surface area (Å²) in [6.07, 6.45) is 6.90. The molecule has 0 bridgehead atoms. The van der Waals surface area contributed by atoms with E-state index in [1.165, 1.54) is 16.2 Å². The van der Waals surface area contributed by atoms with Crippen molar-refractivity contribution in [2.24, 2.45) is 0 Å². The van der Waals surface area contributed by atoms with E-state index in [0.717, 1.165) is 58.4 Å². The predicted octanol–water partition coefficient (Wildman–Crippen LogP) is 6.07. The molecule has 0 radical (unpaired) electrons. The number of rotatable bonds is 6. The number of benzene rings is 1. The second kappa shape index (κ2) is 9.95. The van der Waals surface area contributed by atoms with Gasteiger partial charge in [-0.25, -0.2) is 4.98 Å². The zero-order valence-electron chi connectivity index (χ0n) is 18.8. The first-order valence-electron chi connectivity index (χ1n) is 11.3. The number of amides is 2. The van der Waals surface area contributed by atoms with Gasteiger partial charge >= 0.3 is 0 Å². The minimum Gasteiger partial charge on any atom is -0.495 e. The number of anilines is 2. The second-order valence-electron chi connectivity index (χ2n) is 8.22. The van der Waals surface area contributed by atoms with Gasteiger partial charge in [-0.1, -0.05) is 24.6 Å². The van der Waals surface area contributed by atoms with Gasteiger partial charge < -0.3 is 15.4 Å². The largest absolute Gasteiger partial charge is 0.495 e. The number of pyridine rings is 1. The van der Waals surface area contributed by atoms with E-state index in [1.807, 2.05) is 30.3 Å². The molecular formula is C26H25N3O3S2. The number of methoxy groups -OCH3 is 1. The van der Waals surface area contributed by atoms with Crippen LogP contribution in [0.15, 0.2) is 48.7 Å². The first-order chi connectivity index (χ1) is 16.6.